The minimum absolute atomic E-state index is 0.359. The van der Waals surface area contributed by atoms with E-state index in [-0.39, 0.29) is 0 Å². The van der Waals surface area contributed by atoms with Crippen molar-refractivity contribution in [2.75, 3.05) is 53.4 Å². The minimum Gasteiger partial charge on any atom is -0.357 e. The quantitative estimate of drug-likeness (QED) is 0.568. The first kappa shape index (κ1) is 20.9. The molecule has 0 amide bonds. The van der Waals surface area contributed by atoms with Crippen LogP contribution in [-0.2, 0) is 12.6 Å². The predicted molar refractivity (Wildman–Crippen MR) is 98.7 cm³/mol. The molecule has 1 aliphatic rings. The molecule has 1 saturated heterocycles. The van der Waals surface area contributed by atoms with Gasteiger partial charge in [-0.3, -0.25) is 9.89 Å². The Kier molecular flexibility index (Phi) is 7.66. The molecule has 1 aromatic heterocycles. The van der Waals surface area contributed by atoms with Crippen molar-refractivity contribution in [3.8, 4) is 0 Å². The van der Waals surface area contributed by atoms with Crippen LogP contribution < -0.4 is 10.6 Å². The molecule has 0 bridgehead atoms. The van der Waals surface area contributed by atoms with Crippen LogP contribution in [0.1, 0.15) is 17.6 Å². The topological polar surface area (TPSA) is 55.8 Å². The van der Waals surface area contributed by atoms with E-state index in [1.54, 1.807) is 0 Å². The molecule has 2 heterocycles. The summed E-state index contributed by atoms with van der Waals surface area (Å²) >= 11 is 1.03. The van der Waals surface area contributed by atoms with Crippen molar-refractivity contribution in [3.05, 3.63) is 16.1 Å². The number of aliphatic imine (C=N–C) groups is 1. The van der Waals surface area contributed by atoms with Gasteiger partial charge in [-0.15, -0.1) is 11.3 Å². The summed E-state index contributed by atoms with van der Waals surface area (Å²) in [6.45, 7) is 6.91. The van der Waals surface area contributed by atoms with Gasteiger partial charge in [0.05, 0.1) is 11.6 Å². The van der Waals surface area contributed by atoms with Crippen molar-refractivity contribution in [1.82, 2.24) is 25.4 Å². The number of rotatable bonds is 6. The molecular formula is C16H27F3N6S. The second-order valence-electron chi connectivity index (χ2n) is 6.42. The van der Waals surface area contributed by atoms with Gasteiger partial charge in [-0.1, -0.05) is 0 Å². The second-order valence-corrected chi connectivity index (χ2v) is 7.36. The van der Waals surface area contributed by atoms with Crippen molar-refractivity contribution in [3.63, 3.8) is 0 Å². The molecular weight excluding hydrogens is 365 g/mol. The van der Waals surface area contributed by atoms with Crippen LogP contribution in [0.25, 0.3) is 0 Å². The molecule has 6 nitrogen and oxygen atoms in total. The molecule has 0 spiro atoms. The van der Waals surface area contributed by atoms with Crippen molar-refractivity contribution < 1.29 is 13.2 Å². The summed E-state index contributed by atoms with van der Waals surface area (Å²) in [5.74, 6) is 0.682. The van der Waals surface area contributed by atoms with Crippen molar-refractivity contribution in [1.29, 1.82) is 0 Å². The Hall–Kier alpha value is -1.39. The van der Waals surface area contributed by atoms with Gasteiger partial charge in [0.2, 0.25) is 0 Å². The molecule has 2 N–H and O–H groups in total. The highest BCUT2D eigenvalue weighted by Crippen LogP contribution is 2.29. The molecule has 0 aliphatic carbocycles. The summed E-state index contributed by atoms with van der Waals surface area (Å²) in [4.78, 5) is 12.9. The highest BCUT2D eigenvalue weighted by Gasteiger charge is 2.33. The van der Waals surface area contributed by atoms with Crippen LogP contribution in [0.2, 0.25) is 0 Å². The third-order valence-corrected chi connectivity index (χ3v) is 5.17. The Morgan fingerprint density at radius 1 is 1.35 bits per heavy atom. The molecule has 10 heteroatoms. The smallest absolute Gasteiger partial charge is 0.357 e. The largest absolute Gasteiger partial charge is 0.434 e. The SMILES string of the molecule is CCNC(=NCC1CN(C)CCN1C)NCCc1nc(C(F)(F)F)cs1. The van der Waals surface area contributed by atoms with Gasteiger partial charge in [-0.05, 0) is 21.0 Å². The van der Waals surface area contributed by atoms with Gasteiger partial charge in [-0.25, -0.2) is 4.98 Å². The molecule has 1 unspecified atom stereocenters. The third kappa shape index (κ3) is 6.40. The van der Waals surface area contributed by atoms with Gasteiger partial charge in [0.1, 0.15) is 0 Å². The van der Waals surface area contributed by atoms with Crippen molar-refractivity contribution in [2.24, 2.45) is 4.99 Å². The third-order valence-electron chi connectivity index (χ3n) is 4.26. The van der Waals surface area contributed by atoms with Gasteiger partial charge in [0, 0.05) is 50.6 Å². The van der Waals surface area contributed by atoms with Crippen LogP contribution in [0.5, 0.6) is 0 Å². The van der Waals surface area contributed by atoms with Crippen molar-refractivity contribution in [2.45, 2.75) is 25.6 Å². The molecule has 1 aromatic rings. The lowest BCUT2D eigenvalue weighted by Crippen LogP contribution is -2.51. The summed E-state index contributed by atoms with van der Waals surface area (Å²) in [6.07, 6.45) is -3.95. The molecule has 0 radical (unpaired) electrons. The summed E-state index contributed by atoms with van der Waals surface area (Å²) in [5, 5.41) is 7.88. The molecule has 0 saturated carbocycles. The monoisotopic (exact) mass is 392 g/mol. The van der Waals surface area contributed by atoms with E-state index >= 15 is 0 Å². The Labute approximate surface area is 156 Å². The number of thiazole rings is 1. The summed E-state index contributed by atoms with van der Waals surface area (Å²) in [6, 6.07) is 0.359. The van der Waals surface area contributed by atoms with Gasteiger partial charge < -0.3 is 15.5 Å². The number of nitrogens with one attached hydrogen (secondary N) is 2. The molecule has 1 aliphatic heterocycles. The second kappa shape index (κ2) is 9.52. The normalized spacial score (nSPS) is 20.4. The fraction of sp³-hybridized carbons (Fsp3) is 0.750. The van der Waals surface area contributed by atoms with E-state index in [9.17, 15) is 13.2 Å². The van der Waals surface area contributed by atoms with E-state index in [0.29, 0.717) is 36.5 Å². The lowest BCUT2D eigenvalue weighted by atomic mass is 10.2. The number of piperazine rings is 1. The molecule has 1 fully saturated rings. The molecule has 26 heavy (non-hydrogen) atoms. The van der Waals surface area contributed by atoms with E-state index in [1.165, 1.54) is 0 Å². The first-order chi connectivity index (χ1) is 12.3. The van der Waals surface area contributed by atoms with Crippen LogP contribution in [-0.4, -0.2) is 80.1 Å². The van der Waals surface area contributed by atoms with Crippen LogP contribution in [0, 0.1) is 0 Å². The Morgan fingerprint density at radius 2 is 2.12 bits per heavy atom. The summed E-state index contributed by atoms with van der Waals surface area (Å²) in [5.41, 5.74) is -0.817. The molecule has 1 atom stereocenters. The fourth-order valence-corrected chi connectivity index (χ4v) is 3.49. The molecule has 148 valence electrons. The molecule has 0 aromatic carbocycles. The predicted octanol–water partition coefficient (Wildman–Crippen LogP) is 1.51. The van der Waals surface area contributed by atoms with E-state index in [1.807, 2.05) is 6.92 Å². The van der Waals surface area contributed by atoms with E-state index in [2.05, 4.69) is 44.5 Å². The fourth-order valence-electron chi connectivity index (χ4n) is 2.68. The number of hydrogen-bond donors (Lipinski definition) is 2. The first-order valence-electron chi connectivity index (χ1n) is 8.72. The zero-order valence-electron chi connectivity index (χ0n) is 15.4. The highest BCUT2D eigenvalue weighted by atomic mass is 32.1. The Bertz CT molecular complexity index is 589. The Morgan fingerprint density at radius 3 is 2.77 bits per heavy atom. The number of hydrogen-bond acceptors (Lipinski definition) is 5. The summed E-state index contributed by atoms with van der Waals surface area (Å²) in [7, 11) is 4.21. The highest BCUT2D eigenvalue weighted by molar-refractivity contribution is 7.09. The average molecular weight is 392 g/mol. The van der Waals surface area contributed by atoms with Crippen LogP contribution in [0.3, 0.4) is 0 Å². The van der Waals surface area contributed by atoms with Crippen LogP contribution >= 0.6 is 11.3 Å². The van der Waals surface area contributed by atoms with E-state index in [0.717, 1.165) is 42.9 Å². The van der Waals surface area contributed by atoms with Crippen LogP contribution in [0.4, 0.5) is 13.2 Å². The first-order valence-corrected chi connectivity index (χ1v) is 9.60. The average Bonchev–Trinajstić information content (AvgIpc) is 3.04. The van der Waals surface area contributed by atoms with E-state index < -0.39 is 11.9 Å². The minimum atomic E-state index is -4.38. The summed E-state index contributed by atoms with van der Waals surface area (Å²) < 4.78 is 37.7. The number of nitrogens with zero attached hydrogens (tertiary/aromatic N) is 4. The van der Waals surface area contributed by atoms with Gasteiger partial charge in [0.25, 0.3) is 0 Å². The number of aromatic nitrogens is 1. The maximum atomic E-state index is 12.6. The number of guanidine groups is 1. The number of likely N-dealkylation sites (N-methyl/N-ethyl adjacent to an activating group) is 2. The lowest BCUT2D eigenvalue weighted by molar-refractivity contribution is -0.140. The maximum absolute atomic E-state index is 12.6. The zero-order chi connectivity index (χ0) is 19.2. The van der Waals surface area contributed by atoms with Crippen molar-refractivity contribution >= 4 is 17.3 Å². The van der Waals surface area contributed by atoms with Gasteiger partial charge >= 0.3 is 6.18 Å². The van der Waals surface area contributed by atoms with Crippen LogP contribution in [0.15, 0.2) is 10.4 Å². The van der Waals surface area contributed by atoms with Gasteiger partial charge in [-0.2, -0.15) is 13.2 Å². The van der Waals surface area contributed by atoms with E-state index in [4.69, 9.17) is 0 Å². The Balaban J connectivity index is 1.84. The standard InChI is InChI=1S/C16H27F3N6S/c1-4-20-15(22-9-12-10-24(2)7-8-25(12)3)21-6-5-14-23-13(11-26-14)16(17,18)19/h11-12H,4-10H2,1-3H3,(H2,20,21,22). The number of halogens is 3. The number of alkyl halides is 3. The zero-order valence-corrected chi connectivity index (χ0v) is 16.3. The maximum Gasteiger partial charge on any atom is 0.434 e. The molecule has 2 rings (SSSR count). The lowest BCUT2D eigenvalue weighted by Gasteiger charge is -2.36. The van der Waals surface area contributed by atoms with Gasteiger partial charge in [0.15, 0.2) is 11.7 Å².